The maximum absolute atomic E-state index is 13.0. The number of aromatic nitrogens is 5. The Balaban J connectivity index is 1.47. The second-order valence-corrected chi connectivity index (χ2v) is 8.44. The van der Waals surface area contributed by atoms with Gasteiger partial charge in [0.2, 0.25) is 5.95 Å². The van der Waals surface area contributed by atoms with E-state index in [1.165, 1.54) is 25.5 Å². The van der Waals surface area contributed by atoms with Gasteiger partial charge in [-0.1, -0.05) is 6.07 Å². The van der Waals surface area contributed by atoms with Gasteiger partial charge in [-0.25, -0.2) is 15.0 Å². The van der Waals surface area contributed by atoms with Crippen LogP contribution in [0.5, 0.6) is 0 Å². The molecule has 0 N–H and O–H groups in total. The summed E-state index contributed by atoms with van der Waals surface area (Å²) in [4.78, 5) is 39.5. The van der Waals surface area contributed by atoms with E-state index in [2.05, 4.69) is 19.9 Å². The smallest absolute Gasteiger partial charge is 0.274 e. The highest BCUT2D eigenvalue weighted by Crippen LogP contribution is 2.34. The summed E-state index contributed by atoms with van der Waals surface area (Å²) in [6.07, 6.45) is 15.8. The summed E-state index contributed by atoms with van der Waals surface area (Å²) >= 11 is 0. The second kappa shape index (κ2) is 9.38. The van der Waals surface area contributed by atoms with Gasteiger partial charge in [0.1, 0.15) is 5.69 Å². The third kappa shape index (κ3) is 4.30. The molecule has 0 unspecified atom stereocenters. The van der Waals surface area contributed by atoms with Crippen LogP contribution in [0, 0.1) is 0 Å². The normalized spacial score (nSPS) is 19.1. The van der Waals surface area contributed by atoms with Crippen LogP contribution >= 0.6 is 0 Å². The number of hydrogen-bond donors (Lipinski definition) is 0. The molecule has 3 aromatic rings. The summed E-state index contributed by atoms with van der Waals surface area (Å²) in [5.41, 5.74) is 3.39. The fraction of sp³-hybridized carbons (Fsp3) is 0.417. The zero-order valence-electron chi connectivity index (χ0n) is 18.1. The second-order valence-electron chi connectivity index (χ2n) is 8.44. The monoisotopic (exact) mass is 429 g/mol. The molecule has 2 aliphatic heterocycles. The Bertz CT molecular complexity index is 1050. The molecule has 5 rings (SSSR count). The molecule has 164 valence electrons. The number of carbonyl (C=O) groups is 1. The third-order valence-corrected chi connectivity index (χ3v) is 6.29. The van der Waals surface area contributed by atoms with E-state index < -0.39 is 0 Å². The number of amides is 1. The van der Waals surface area contributed by atoms with Crippen LogP contribution in [0.25, 0.3) is 11.1 Å². The minimum Gasteiger partial charge on any atom is -0.341 e. The number of piperidine rings is 2. The van der Waals surface area contributed by atoms with E-state index in [1.54, 1.807) is 18.6 Å². The van der Waals surface area contributed by atoms with Crippen LogP contribution in [-0.4, -0.2) is 61.9 Å². The maximum atomic E-state index is 13.0. The van der Waals surface area contributed by atoms with E-state index in [0.717, 1.165) is 55.2 Å². The maximum Gasteiger partial charge on any atom is 0.274 e. The minimum atomic E-state index is -0.0731. The predicted octanol–water partition coefficient (Wildman–Crippen LogP) is 3.34. The SMILES string of the molecule is O=C(c1cnccn1)N1CCC[C@H](c2nc(N3CCCCC3)ncc2-c2cccnc2)C1. The molecule has 0 saturated carbocycles. The highest BCUT2D eigenvalue weighted by atomic mass is 16.2. The molecule has 2 aliphatic rings. The van der Waals surface area contributed by atoms with Crippen molar-refractivity contribution >= 4 is 11.9 Å². The lowest BCUT2D eigenvalue weighted by molar-refractivity contribution is 0.0699. The Labute approximate surface area is 187 Å². The van der Waals surface area contributed by atoms with Gasteiger partial charge >= 0.3 is 0 Å². The molecule has 8 nitrogen and oxygen atoms in total. The fourth-order valence-corrected chi connectivity index (χ4v) is 4.64. The number of nitrogens with zero attached hydrogens (tertiary/aromatic N) is 7. The lowest BCUT2D eigenvalue weighted by atomic mass is 9.90. The Morgan fingerprint density at radius 1 is 0.906 bits per heavy atom. The molecule has 0 aliphatic carbocycles. The number of hydrogen-bond acceptors (Lipinski definition) is 7. The van der Waals surface area contributed by atoms with Gasteiger partial charge in [0.25, 0.3) is 5.91 Å². The minimum absolute atomic E-state index is 0.0731. The van der Waals surface area contributed by atoms with E-state index in [4.69, 9.17) is 9.97 Å². The Kier molecular flexibility index (Phi) is 6.00. The molecule has 2 saturated heterocycles. The van der Waals surface area contributed by atoms with Crippen LogP contribution in [0.4, 0.5) is 5.95 Å². The lowest BCUT2D eigenvalue weighted by Crippen LogP contribution is -2.40. The summed E-state index contributed by atoms with van der Waals surface area (Å²) in [6, 6.07) is 3.98. The van der Waals surface area contributed by atoms with Crippen molar-refractivity contribution in [2.24, 2.45) is 0 Å². The van der Waals surface area contributed by atoms with E-state index in [0.29, 0.717) is 12.2 Å². The van der Waals surface area contributed by atoms with Gasteiger partial charge in [0.15, 0.2) is 0 Å². The molecule has 1 amide bonds. The number of rotatable bonds is 4. The highest BCUT2D eigenvalue weighted by Gasteiger charge is 2.30. The summed E-state index contributed by atoms with van der Waals surface area (Å²) in [5.74, 6) is 0.854. The first kappa shape index (κ1) is 20.5. The van der Waals surface area contributed by atoms with E-state index in [1.807, 2.05) is 29.4 Å². The van der Waals surface area contributed by atoms with Crippen molar-refractivity contribution in [3.05, 3.63) is 60.7 Å². The van der Waals surface area contributed by atoms with Crippen molar-refractivity contribution in [2.75, 3.05) is 31.1 Å². The van der Waals surface area contributed by atoms with Gasteiger partial charge in [0.05, 0.1) is 11.9 Å². The van der Waals surface area contributed by atoms with Crippen LogP contribution in [-0.2, 0) is 0 Å². The molecule has 3 aromatic heterocycles. The van der Waals surface area contributed by atoms with Crippen LogP contribution in [0.1, 0.15) is 54.2 Å². The molecular formula is C24H27N7O. The zero-order valence-corrected chi connectivity index (χ0v) is 18.1. The summed E-state index contributed by atoms with van der Waals surface area (Å²) in [7, 11) is 0. The van der Waals surface area contributed by atoms with Gasteiger partial charge in [-0.2, -0.15) is 0 Å². The van der Waals surface area contributed by atoms with Gasteiger partial charge in [-0.3, -0.25) is 14.8 Å². The van der Waals surface area contributed by atoms with Crippen molar-refractivity contribution in [1.82, 2.24) is 29.8 Å². The molecule has 0 spiro atoms. The number of pyridine rings is 1. The Morgan fingerprint density at radius 2 is 1.78 bits per heavy atom. The molecule has 5 heterocycles. The summed E-state index contributed by atoms with van der Waals surface area (Å²) < 4.78 is 0. The largest absolute Gasteiger partial charge is 0.341 e. The molecule has 32 heavy (non-hydrogen) atoms. The van der Waals surface area contributed by atoms with Gasteiger partial charge in [-0.15, -0.1) is 0 Å². The van der Waals surface area contributed by atoms with Gasteiger partial charge in [0, 0.05) is 74.2 Å². The number of likely N-dealkylation sites (tertiary alicyclic amines) is 1. The quantitative estimate of drug-likeness (QED) is 0.628. The van der Waals surface area contributed by atoms with Crippen molar-refractivity contribution in [2.45, 2.75) is 38.0 Å². The van der Waals surface area contributed by atoms with E-state index in [-0.39, 0.29) is 11.8 Å². The standard InChI is InChI=1S/C24H27N7O/c32-23(21-16-26-9-10-27-21)31-13-5-7-19(17-31)22-20(18-6-4-8-25-14-18)15-28-24(29-22)30-11-2-1-3-12-30/h4,6,8-10,14-16,19H,1-3,5,7,11-13,17H2/t19-/m0/s1. The fourth-order valence-electron chi connectivity index (χ4n) is 4.64. The molecule has 2 fully saturated rings. The topological polar surface area (TPSA) is 88.0 Å². The highest BCUT2D eigenvalue weighted by molar-refractivity contribution is 5.92. The first-order valence-electron chi connectivity index (χ1n) is 11.4. The number of carbonyl (C=O) groups excluding carboxylic acids is 1. The van der Waals surface area contributed by atoms with Crippen molar-refractivity contribution < 1.29 is 4.79 Å². The molecule has 8 heteroatoms. The van der Waals surface area contributed by atoms with Crippen molar-refractivity contribution in [1.29, 1.82) is 0 Å². The Morgan fingerprint density at radius 3 is 2.56 bits per heavy atom. The van der Waals surface area contributed by atoms with Crippen molar-refractivity contribution in [3.8, 4) is 11.1 Å². The van der Waals surface area contributed by atoms with Crippen LogP contribution in [0.3, 0.4) is 0 Å². The molecule has 0 radical (unpaired) electrons. The van der Waals surface area contributed by atoms with Crippen molar-refractivity contribution in [3.63, 3.8) is 0 Å². The first-order valence-corrected chi connectivity index (χ1v) is 11.4. The molecular weight excluding hydrogens is 402 g/mol. The first-order chi connectivity index (χ1) is 15.8. The zero-order chi connectivity index (χ0) is 21.8. The van der Waals surface area contributed by atoms with Crippen LogP contribution < -0.4 is 4.90 Å². The molecule has 0 bridgehead atoms. The molecule has 1 atom stereocenters. The van der Waals surface area contributed by atoms with E-state index >= 15 is 0 Å². The van der Waals surface area contributed by atoms with Gasteiger partial charge < -0.3 is 9.80 Å². The predicted molar refractivity (Wildman–Crippen MR) is 121 cm³/mol. The lowest BCUT2D eigenvalue weighted by Gasteiger charge is -2.34. The van der Waals surface area contributed by atoms with E-state index in [9.17, 15) is 4.79 Å². The van der Waals surface area contributed by atoms with Crippen LogP contribution in [0.2, 0.25) is 0 Å². The summed E-state index contributed by atoms with van der Waals surface area (Å²) in [5, 5.41) is 0. The Hall–Kier alpha value is -3.42. The van der Waals surface area contributed by atoms with Crippen LogP contribution in [0.15, 0.2) is 49.3 Å². The average molecular weight is 430 g/mol. The number of anilines is 1. The third-order valence-electron chi connectivity index (χ3n) is 6.29. The van der Waals surface area contributed by atoms with Gasteiger partial charge in [-0.05, 0) is 38.2 Å². The average Bonchev–Trinajstić information content (AvgIpc) is 2.89. The summed E-state index contributed by atoms with van der Waals surface area (Å²) in [6.45, 7) is 3.32. The molecule has 0 aromatic carbocycles.